The van der Waals surface area contributed by atoms with Gasteiger partial charge in [-0.3, -0.25) is 0 Å². The maximum atomic E-state index is 5.45. The van der Waals surface area contributed by atoms with Crippen LogP contribution in [0.3, 0.4) is 0 Å². The van der Waals surface area contributed by atoms with Crippen molar-refractivity contribution in [1.29, 1.82) is 0 Å². The summed E-state index contributed by atoms with van der Waals surface area (Å²) in [5, 5.41) is 1.76. The molecule has 98 valence electrons. The van der Waals surface area contributed by atoms with Gasteiger partial charge in [-0.1, -0.05) is 0 Å². The average molecular weight is 338 g/mol. The summed E-state index contributed by atoms with van der Waals surface area (Å²) in [5.41, 5.74) is 2.59. The van der Waals surface area contributed by atoms with Crippen molar-refractivity contribution in [2.75, 3.05) is 5.43 Å². The van der Waals surface area contributed by atoms with Crippen molar-refractivity contribution in [3.8, 4) is 0 Å². The lowest BCUT2D eigenvalue weighted by Crippen LogP contribution is -2.10. The molecule has 0 spiro atoms. The second-order valence-corrected chi connectivity index (χ2v) is 6.24. The predicted molar refractivity (Wildman–Crippen MR) is 77.9 cm³/mol. The minimum Gasteiger partial charge on any atom is -0.308 e. The van der Waals surface area contributed by atoms with Gasteiger partial charge >= 0.3 is 0 Å². The zero-order chi connectivity index (χ0) is 13.2. The van der Waals surface area contributed by atoms with E-state index in [0.29, 0.717) is 11.7 Å². The lowest BCUT2D eigenvalue weighted by atomic mass is 10.4. The maximum Gasteiger partial charge on any atom is 0.144 e. The van der Waals surface area contributed by atoms with Crippen LogP contribution in [-0.4, -0.2) is 15.0 Å². The van der Waals surface area contributed by atoms with E-state index in [0.717, 1.165) is 33.2 Å². The number of nitrogens with one attached hydrogen (secondary N) is 1. The highest BCUT2D eigenvalue weighted by atomic mass is 79.9. The van der Waals surface area contributed by atoms with E-state index in [1.54, 1.807) is 6.20 Å². The lowest BCUT2D eigenvalue weighted by Gasteiger charge is -2.06. The summed E-state index contributed by atoms with van der Waals surface area (Å²) in [7, 11) is 0. The second-order valence-electron chi connectivity index (χ2n) is 4.28. The molecule has 3 rings (SSSR count). The largest absolute Gasteiger partial charge is 0.308 e. The molecule has 7 heteroatoms. The van der Waals surface area contributed by atoms with E-state index in [4.69, 9.17) is 5.84 Å². The molecule has 0 aliphatic heterocycles. The first kappa shape index (κ1) is 12.8. The zero-order valence-electron chi connectivity index (χ0n) is 10.0. The van der Waals surface area contributed by atoms with Crippen molar-refractivity contribution < 1.29 is 0 Å². The van der Waals surface area contributed by atoms with Crippen molar-refractivity contribution in [2.45, 2.75) is 28.8 Å². The van der Waals surface area contributed by atoms with Crippen LogP contribution >= 0.6 is 27.7 Å². The molecule has 0 radical (unpaired) electrons. The molecule has 0 amide bonds. The van der Waals surface area contributed by atoms with Crippen LogP contribution in [0.5, 0.6) is 0 Å². The van der Waals surface area contributed by atoms with E-state index in [9.17, 15) is 0 Å². The van der Waals surface area contributed by atoms with E-state index >= 15 is 0 Å². The van der Waals surface area contributed by atoms with Crippen molar-refractivity contribution in [1.82, 2.24) is 15.0 Å². The van der Waals surface area contributed by atoms with E-state index in [-0.39, 0.29) is 0 Å². The highest BCUT2D eigenvalue weighted by Crippen LogP contribution is 2.39. The molecule has 2 aromatic heterocycles. The first-order valence-electron chi connectivity index (χ1n) is 5.89. The van der Waals surface area contributed by atoms with E-state index < -0.39 is 0 Å². The summed E-state index contributed by atoms with van der Waals surface area (Å²) in [6, 6.07) is 5.74. The second kappa shape index (κ2) is 5.44. The summed E-state index contributed by atoms with van der Waals surface area (Å²) < 4.78 is 0.961. The molecule has 3 N–H and O–H groups in total. The van der Waals surface area contributed by atoms with E-state index in [1.165, 1.54) is 11.8 Å². The third kappa shape index (κ3) is 3.23. The molecule has 2 heterocycles. The number of anilines is 1. The number of hydrogen-bond acceptors (Lipinski definition) is 6. The Balaban J connectivity index is 1.86. The van der Waals surface area contributed by atoms with Crippen LogP contribution in [0.4, 0.5) is 5.82 Å². The zero-order valence-corrected chi connectivity index (χ0v) is 12.4. The Morgan fingerprint density at radius 3 is 2.74 bits per heavy atom. The molecule has 0 atom stereocenters. The van der Waals surface area contributed by atoms with Crippen molar-refractivity contribution in [3.63, 3.8) is 0 Å². The number of nitrogens with zero attached hydrogens (tertiary/aromatic N) is 3. The van der Waals surface area contributed by atoms with Gasteiger partial charge in [0.2, 0.25) is 0 Å². The van der Waals surface area contributed by atoms with Gasteiger partial charge in [-0.05, 0) is 52.7 Å². The minimum absolute atomic E-state index is 0.491. The number of aromatic nitrogens is 3. The fourth-order valence-corrected chi connectivity index (χ4v) is 2.62. The molecule has 0 aromatic carbocycles. The molecule has 0 bridgehead atoms. The number of hydrazine groups is 1. The van der Waals surface area contributed by atoms with Crippen LogP contribution in [-0.2, 0) is 0 Å². The third-order valence-electron chi connectivity index (χ3n) is 2.72. The number of nitrogen functional groups attached to an aromatic ring is 1. The van der Waals surface area contributed by atoms with Gasteiger partial charge in [0, 0.05) is 22.7 Å². The van der Waals surface area contributed by atoms with Crippen molar-refractivity contribution in [3.05, 3.63) is 34.7 Å². The van der Waals surface area contributed by atoms with Gasteiger partial charge in [-0.25, -0.2) is 20.8 Å². The molecular weight excluding hydrogens is 326 g/mol. The third-order valence-corrected chi connectivity index (χ3v) is 4.06. The highest BCUT2D eigenvalue weighted by Gasteiger charge is 2.27. The summed E-state index contributed by atoms with van der Waals surface area (Å²) in [5.74, 6) is 7.46. The molecule has 0 saturated heterocycles. The first-order chi connectivity index (χ1) is 9.24. The topological polar surface area (TPSA) is 76.7 Å². The molecule has 19 heavy (non-hydrogen) atoms. The molecular formula is C12H12BrN5S. The minimum atomic E-state index is 0.491. The molecule has 1 fully saturated rings. The first-order valence-corrected chi connectivity index (χ1v) is 7.50. The summed E-state index contributed by atoms with van der Waals surface area (Å²) in [6.07, 6.45) is 4.09. The lowest BCUT2D eigenvalue weighted by molar-refractivity contribution is 0.877. The molecule has 1 aliphatic rings. The van der Waals surface area contributed by atoms with Crippen LogP contribution in [0.2, 0.25) is 0 Å². The summed E-state index contributed by atoms with van der Waals surface area (Å²) in [4.78, 5) is 13.3. The summed E-state index contributed by atoms with van der Waals surface area (Å²) >= 11 is 4.88. The van der Waals surface area contributed by atoms with Crippen LogP contribution in [0, 0.1) is 0 Å². The molecule has 0 unspecified atom stereocenters. The van der Waals surface area contributed by atoms with Crippen LogP contribution < -0.4 is 11.3 Å². The monoisotopic (exact) mass is 337 g/mol. The number of pyridine rings is 1. The van der Waals surface area contributed by atoms with Crippen LogP contribution in [0.1, 0.15) is 24.6 Å². The number of halogens is 1. The maximum absolute atomic E-state index is 5.45. The number of hydrogen-bond donors (Lipinski definition) is 2. The average Bonchev–Trinajstić information content (AvgIpc) is 3.25. The smallest absolute Gasteiger partial charge is 0.144 e. The Morgan fingerprint density at radius 2 is 2.11 bits per heavy atom. The van der Waals surface area contributed by atoms with E-state index in [2.05, 4.69) is 36.3 Å². The Morgan fingerprint density at radius 1 is 1.26 bits per heavy atom. The highest BCUT2D eigenvalue weighted by molar-refractivity contribution is 9.10. The van der Waals surface area contributed by atoms with Crippen LogP contribution in [0.15, 0.2) is 38.9 Å². The van der Waals surface area contributed by atoms with Gasteiger partial charge in [-0.2, -0.15) is 0 Å². The SMILES string of the molecule is NNc1cc(Sc2ccc(Br)cn2)nc(C2CC2)n1. The fourth-order valence-electron chi connectivity index (χ4n) is 1.62. The van der Waals surface area contributed by atoms with Crippen molar-refractivity contribution in [2.24, 2.45) is 5.84 Å². The standard InChI is InChI=1S/C12H12BrN5S/c13-8-3-4-10(15-6-8)19-11-5-9(18-14)16-12(17-11)7-1-2-7/h3-7H,1-2,14H2,(H,16,17,18). The van der Waals surface area contributed by atoms with Gasteiger partial charge in [0.15, 0.2) is 0 Å². The Bertz CT molecular complexity index is 585. The molecule has 5 nitrogen and oxygen atoms in total. The predicted octanol–water partition coefficient (Wildman–Crippen LogP) is 2.95. The molecule has 1 saturated carbocycles. The quantitative estimate of drug-likeness (QED) is 0.507. The Kier molecular flexibility index (Phi) is 3.67. The van der Waals surface area contributed by atoms with E-state index in [1.807, 2.05) is 18.2 Å². The molecule has 2 aromatic rings. The van der Waals surface area contributed by atoms with Crippen LogP contribution in [0.25, 0.3) is 0 Å². The van der Waals surface area contributed by atoms with Gasteiger partial charge in [0.25, 0.3) is 0 Å². The fraction of sp³-hybridized carbons (Fsp3) is 0.250. The van der Waals surface area contributed by atoms with Gasteiger partial charge in [-0.15, -0.1) is 0 Å². The Labute approximate surface area is 123 Å². The van der Waals surface area contributed by atoms with Crippen molar-refractivity contribution >= 4 is 33.5 Å². The normalized spacial score (nSPS) is 14.4. The summed E-state index contributed by atoms with van der Waals surface area (Å²) in [6.45, 7) is 0. The van der Waals surface area contributed by atoms with Gasteiger partial charge in [0.1, 0.15) is 21.7 Å². The number of rotatable bonds is 4. The van der Waals surface area contributed by atoms with Gasteiger partial charge < -0.3 is 5.43 Å². The molecule has 1 aliphatic carbocycles. The number of nitrogens with two attached hydrogens (primary N) is 1. The Hall–Kier alpha value is -1.18. The van der Waals surface area contributed by atoms with Gasteiger partial charge in [0.05, 0.1) is 0 Å².